The van der Waals surface area contributed by atoms with Crippen LogP contribution in [0.4, 0.5) is 0 Å². The van der Waals surface area contributed by atoms with Crippen molar-refractivity contribution in [2.45, 2.75) is 31.8 Å². The molecule has 1 aromatic carbocycles. The van der Waals surface area contributed by atoms with Crippen molar-refractivity contribution in [3.63, 3.8) is 0 Å². The van der Waals surface area contributed by atoms with Crippen LogP contribution in [0.3, 0.4) is 0 Å². The number of nitrogens with zero attached hydrogens (tertiary/aromatic N) is 1. The predicted molar refractivity (Wildman–Crippen MR) is 80.7 cm³/mol. The fraction of sp³-hybridized carbons (Fsp3) is 0.400. The van der Waals surface area contributed by atoms with Crippen LogP contribution in [-0.2, 0) is 13.0 Å². The Balaban J connectivity index is 1.60. The molecule has 2 aromatic rings. The van der Waals surface area contributed by atoms with Crippen LogP contribution >= 0.6 is 22.9 Å². The third kappa shape index (κ3) is 3.14. The van der Waals surface area contributed by atoms with Crippen molar-refractivity contribution in [1.82, 2.24) is 4.98 Å². The number of hydrogen-bond acceptors (Lipinski definition) is 4. The molecule has 0 bridgehead atoms. The summed E-state index contributed by atoms with van der Waals surface area (Å²) >= 11 is 7.63. The topological polar surface area (TPSA) is 42.4 Å². The lowest BCUT2D eigenvalue weighted by Crippen LogP contribution is -2.01. The van der Waals surface area contributed by atoms with E-state index in [1.54, 1.807) is 11.3 Å². The number of hydrogen-bond donors (Lipinski definition) is 1. The second-order valence-electron chi connectivity index (χ2n) is 4.88. The number of thiazole rings is 1. The summed E-state index contributed by atoms with van der Waals surface area (Å²) in [5, 5.41) is 11.0. The molecular formula is C15H16ClNO2S. The molecule has 5 heteroatoms. The van der Waals surface area contributed by atoms with E-state index in [0.29, 0.717) is 23.3 Å². The molecule has 0 amide bonds. The van der Waals surface area contributed by atoms with Crippen LogP contribution in [0.5, 0.6) is 5.75 Å². The molecule has 0 atom stereocenters. The standard InChI is InChI=1S/C15H16ClNO2S/c16-11-3-1-2-4-12(11)19-8-7-14-17-15(10-5-6-10)13(9-18)20-14/h1-4,10,18H,5-9H2. The number of aliphatic hydroxyl groups excluding tert-OH is 1. The molecule has 0 saturated heterocycles. The third-order valence-electron chi connectivity index (χ3n) is 3.29. The maximum atomic E-state index is 9.37. The molecule has 1 saturated carbocycles. The Labute approximate surface area is 127 Å². The van der Waals surface area contributed by atoms with Crippen LogP contribution in [0, 0.1) is 0 Å². The van der Waals surface area contributed by atoms with Crippen LogP contribution in [0.2, 0.25) is 5.02 Å². The van der Waals surface area contributed by atoms with Crippen molar-refractivity contribution in [2.75, 3.05) is 6.61 Å². The van der Waals surface area contributed by atoms with Gasteiger partial charge in [0.25, 0.3) is 0 Å². The van der Waals surface area contributed by atoms with Gasteiger partial charge < -0.3 is 9.84 Å². The first kappa shape index (κ1) is 13.9. The van der Waals surface area contributed by atoms with Crippen LogP contribution in [0.1, 0.15) is 34.3 Å². The van der Waals surface area contributed by atoms with Crippen LogP contribution < -0.4 is 4.74 Å². The SMILES string of the molecule is OCc1sc(CCOc2ccccc2Cl)nc1C1CC1. The molecule has 1 heterocycles. The van der Waals surface area contributed by atoms with E-state index >= 15 is 0 Å². The van der Waals surface area contributed by atoms with E-state index in [0.717, 1.165) is 22.0 Å². The van der Waals surface area contributed by atoms with Crippen LogP contribution in [-0.4, -0.2) is 16.7 Å². The first-order valence-electron chi connectivity index (χ1n) is 6.74. The quantitative estimate of drug-likeness (QED) is 0.883. The Morgan fingerprint density at radius 2 is 2.15 bits per heavy atom. The van der Waals surface area contributed by atoms with Crippen molar-refractivity contribution in [3.05, 3.63) is 44.9 Å². The lowest BCUT2D eigenvalue weighted by molar-refractivity contribution is 0.284. The van der Waals surface area contributed by atoms with E-state index in [2.05, 4.69) is 4.98 Å². The van der Waals surface area contributed by atoms with Crippen LogP contribution in [0.25, 0.3) is 0 Å². The Morgan fingerprint density at radius 3 is 2.85 bits per heavy atom. The maximum absolute atomic E-state index is 9.37. The van der Waals surface area contributed by atoms with Gasteiger partial charge in [0.2, 0.25) is 0 Å². The summed E-state index contributed by atoms with van der Waals surface area (Å²) < 4.78 is 5.67. The van der Waals surface area contributed by atoms with Gasteiger partial charge in [0, 0.05) is 12.3 Å². The van der Waals surface area contributed by atoms with Gasteiger partial charge >= 0.3 is 0 Å². The van der Waals surface area contributed by atoms with E-state index in [4.69, 9.17) is 16.3 Å². The lowest BCUT2D eigenvalue weighted by Gasteiger charge is -2.06. The zero-order chi connectivity index (χ0) is 13.9. The van der Waals surface area contributed by atoms with Gasteiger partial charge in [-0.1, -0.05) is 23.7 Å². The Kier molecular flexibility index (Phi) is 4.24. The summed E-state index contributed by atoms with van der Waals surface area (Å²) in [6.07, 6.45) is 3.15. The summed E-state index contributed by atoms with van der Waals surface area (Å²) in [6.45, 7) is 0.640. The van der Waals surface area contributed by atoms with Gasteiger partial charge in [0.05, 0.1) is 33.8 Å². The van der Waals surface area contributed by atoms with Gasteiger partial charge in [-0.05, 0) is 25.0 Å². The van der Waals surface area contributed by atoms with Crippen molar-refractivity contribution >= 4 is 22.9 Å². The molecule has 20 heavy (non-hydrogen) atoms. The average Bonchev–Trinajstić information content (AvgIpc) is 3.22. The Hall–Kier alpha value is -1.10. The first-order valence-corrected chi connectivity index (χ1v) is 7.94. The largest absolute Gasteiger partial charge is 0.492 e. The summed E-state index contributed by atoms with van der Waals surface area (Å²) in [7, 11) is 0. The third-order valence-corrected chi connectivity index (χ3v) is 4.72. The van der Waals surface area contributed by atoms with E-state index < -0.39 is 0 Å². The van der Waals surface area contributed by atoms with E-state index in [1.807, 2.05) is 24.3 Å². The Morgan fingerprint density at radius 1 is 1.35 bits per heavy atom. The minimum atomic E-state index is 0.0921. The number of halogens is 1. The normalized spacial score (nSPS) is 14.5. The number of ether oxygens (including phenoxy) is 1. The molecule has 0 radical (unpaired) electrons. The van der Waals surface area contributed by atoms with Gasteiger partial charge in [0.15, 0.2) is 0 Å². The second kappa shape index (κ2) is 6.12. The molecule has 0 spiro atoms. The molecule has 0 aliphatic heterocycles. The lowest BCUT2D eigenvalue weighted by atomic mass is 10.2. The molecular weight excluding hydrogens is 294 g/mol. The highest BCUT2D eigenvalue weighted by molar-refractivity contribution is 7.11. The van der Waals surface area contributed by atoms with Gasteiger partial charge in [-0.15, -0.1) is 11.3 Å². The second-order valence-corrected chi connectivity index (χ2v) is 6.45. The van der Waals surface area contributed by atoms with Crippen molar-refractivity contribution < 1.29 is 9.84 Å². The summed E-state index contributed by atoms with van der Waals surface area (Å²) in [5.74, 6) is 1.28. The minimum Gasteiger partial charge on any atom is -0.492 e. The zero-order valence-electron chi connectivity index (χ0n) is 11.0. The molecule has 1 N–H and O–H groups in total. The molecule has 3 nitrogen and oxygen atoms in total. The maximum Gasteiger partial charge on any atom is 0.137 e. The summed E-state index contributed by atoms with van der Waals surface area (Å²) in [5.41, 5.74) is 1.10. The highest BCUT2D eigenvalue weighted by Gasteiger charge is 2.29. The summed E-state index contributed by atoms with van der Waals surface area (Å²) in [6, 6.07) is 7.46. The fourth-order valence-corrected chi connectivity index (χ4v) is 3.31. The molecule has 106 valence electrons. The number of benzene rings is 1. The van der Waals surface area contributed by atoms with Gasteiger partial charge in [-0.25, -0.2) is 4.98 Å². The van der Waals surface area contributed by atoms with Gasteiger partial charge in [-0.3, -0.25) is 0 Å². The average molecular weight is 310 g/mol. The number of para-hydroxylation sites is 1. The predicted octanol–water partition coefficient (Wildman–Crippen LogP) is 3.79. The van der Waals surface area contributed by atoms with Crippen molar-refractivity contribution in [3.8, 4) is 5.75 Å². The molecule has 3 rings (SSSR count). The van der Waals surface area contributed by atoms with E-state index in [-0.39, 0.29) is 6.61 Å². The number of aromatic nitrogens is 1. The number of rotatable bonds is 6. The molecule has 1 aliphatic carbocycles. The van der Waals surface area contributed by atoms with E-state index in [1.165, 1.54) is 12.8 Å². The highest BCUT2D eigenvalue weighted by atomic mass is 35.5. The van der Waals surface area contributed by atoms with E-state index in [9.17, 15) is 5.11 Å². The van der Waals surface area contributed by atoms with Crippen LogP contribution in [0.15, 0.2) is 24.3 Å². The fourth-order valence-electron chi connectivity index (χ4n) is 2.12. The minimum absolute atomic E-state index is 0.0921. The Bertz CT molecular complexity index is 595. The number of aliphatic hydroxyl groups is 1. The molecule has 1 aromatic heterocycles. The van der Waals surface area contributed by atoms with Gasteiger partial charge in [0.1, 0.15) is 5.75 Å². The smallest absolute Gasteiger partial charge is 0.137 e. The molecule has 0 unspecified atom stereocenters. The first-order chi connectivity index (χ1) is 9.78. The molecule has 1 aliphatic rings. The zero-order valence-corrected chi connectivity index (χ0v) is 12.6. The monoisotopic (exact) mass is 309 g/mol. The van der Waals surface area contributed by atoms with Crippen molar-refractivity contribution in [2.24, 2.45) is 0 Å². The highest BCUT2D eigenvalue weighted by Crippen LogP contribution is 2.42. The molecule has 1 fully saturated rings. The van der Waals surface area contributed by atoms with Crippen molar-refractivity contribution in [1.29, 1.82) is 0 Å². The van der Waals surface area contributed by atoms with Gasteiger partial charge in [-0.2, -0.15) is 0 Å². The summed E-state index contributed by atoms with van der Waals surface area (Å²) in [4.78, 5) is 5.66.